The lowest BCUT2D eigenvalue weighted by Crippen LogP contribution is -2.24. The number of hydroxylamine groups is 1. The van der Waals surface area contributed by atoms with Crippen LogP contribution in [0.4, 0.5) is 0 Å². The number of carbonyl (C=O) groups is 1. The van der Waals surface area contributed by atoms with Crippen molar-refractivity contribution in [3.63, 3.8) is 0 Å². The average molecular weight is 242 g/mol. The van der Waals surface area contributed by atoms with Crippen molar-refractivity contribution in [1.29, 1.82) is 0 Å². The lowest BCUT2D eigenvalue weighted by atomic mass is 9.95. The number of nitrogens with two attached hydrogens (primary N) is 1. The van der Waals surface area contributed by atoms with E-state index in [0.717, 1.165) is 0 Å². The van der Waals surface area contributed by atoms with Crippen molar-refractivity contribution in [2.24, 2.45) is 5.73 Å². The normalized spacial score (nSPS) is 11.7. The summed E-state index contributed by atoms with van der Waals surface area (Å²) in [6, 6.07) is 4.18. The summed E-state index contributed by atoms with van der Waals surface area (Å²) in [5.41, 5.74) is 7.82. The monoisotopic (exact) mass is 242 g/mol. The molecule has 0 spiro atoms. The molecule has 0 bridgehead atoms. The van der Waals surface area contributed by atoms with E-state index < -0.39 is 5.91 Å². The van der Waals surface area contributed by atoms with Crippen LogP contribution in [0.25, 0.3) is 0 Å². The van der Waals surface area contributed by atoms with Crippen molar-refractivity contribution < 1.29 is 9.63 Å². The molecule has 0 radical (unpaired) electrons. The van der Waals surface area contributed by atoms with E-state index in [4.69, 9.17) is 10.6 Å². The first kappa shape index (κ1) is 13.2. The predicted molar refractivity (Wildman–Crippen MR) is 65.0 cm³/mol. The Kier molecular flexibility index (Phi) is 4.46. The Morgan fingerprint density at radius 3 is 2.69 bits per heavy atom. The van der Waals surface area contributed by atoms with Crippen LogP contribution in [0.5, 0.6) is 0 Å². The number of carbonyl (C=O) groups excluding carboxylic acids is 1. The molecule has 0 saturated carbocycles. The molecule has 1 heterocycles. The van der Waals surface area contributed by atoms with Gasteiger partial charge in [0.05, 0.1) is 6.54 Å². The van der Waals surface area contributed by atoms with E-state index in [1.54, 1.807) is 11.3 Å². The van der Waals surface area contributed by atoms with Gasteiger partial charge in [0.15, 0.2) is 0 Å². The lowest BCUT2D eigenvalue weighted by molar-refractivity contribution is -0.125. The van der Waals surface area contributed by atoms with Crippen LogP contribution >= 0.6 is 11.3 Å². The first-order chi connectivity index (χ1) is 7.39. The summed E-state index contributed by atoms with van der Waals surface area (Å²) >= 11 is 1.74. The van der Waals surface area contributed by atoms with Gasteiger partial charge in [-0.1, -0.05) is 20.8 Å². The summed E-state index contributed by atoms with van der Waals surface area (Å²) in [5.74, 6) is -0.478. The topological polar surface area (TPSA) is 64.3 Å². The molecule has 1 aromatic rings. The van der Waals surface area contributed by atoms with Gasteiger partial charge in [-0.15, -0.1) is 11.3 Å². The Morgan fingerprint density at radius 1 is 1.50 bits per heavy atom. The Bertz CT molecular complexity index is 355. The maximum Gasteiger partial charge on any atom is 0.245 e. The number of hydrogen-bond donors (Lipinski definition) is 2. The smallest absolute Gasteiger partial charge is 0.245 e. The zero-order chi connectivity index (χ0) is 12.2. The van der Waals surface area contributed by atoms with Crippen LogP contribution in [0, 0.1) is 0 Å². The highest BCUT2D eigenvalue weighted by Crippen LogP contribution is 2.29. The molecule has 0 aliphatic rings. The first-order valence-electron chi connectivity index (χ1n) is 5.12. The van der Waals surface area contributed by atoms with Crippen LogP contribution in [0.15, 0.2) is 12.1 Å². The van der Waals surface area contributed by atoms with Gasteiger partial charge in [-0.3, -0.25) is 9.63 Å². The lowest BCUT2D eigenvalue weighted by Gasteiger charge is -2.15. The molecule has 1 rings (SSSR count). The van der Waals surface area contributed by atoms with Gasteiger partial charge in [-0.25, -0.2) is 0 Å². The molecule has 0 saturated heterocycles. The SMILES string of the molecule is CC(C)(C)c1ccc(CNOCC(N)=O)s1. The molecule has 0 unspecified atom stereocenters. The number of hydrogen-bond acceptors (Lipinski definition) is 4. The minimum Gasteiger partial charge on any atom is -0.368 e. The summed E-state index contributed by atoms with van der Waals surface area (Å²) in [5, 5.41) is 0. The maximum absolute atomic E-state index is 10.4. The van der Waals surface area contributed by atoms with Crippen molar-refractivity contribution >= 4 is 17.2 Å². The zero-order valence-electron chi connectivity index (χ0n) is 9.87. The highest BCUT2D eigenvalue weighted by Gasteiger charge is 2.15. The quantitative estimate of drug-likeness (QED) is 0.608. The Balaban J connectivity index is 2.38. The third kappa shape index (κ3) is 4.30. The highest BCUT2D eigenvalue weighted by molar-refractivity contribution is 7.12. The standard InChI is InChI=1S/C11H18N2O2S/c1-11(2,3)9-5-4-8(16-9)6-13-15-7-10(12)14/h4-5,13H,6-7H2,1-3H3,(H2,12,14). The van der Waals surface area contributed by atoms with Crippen LogP contribution in [-0.2, 0) is 21.6 Å². The summed E-state index contributed by atoms with van der Waals surface area (Å²) in [6.45, 7) is 7.03. The average Bonchev–Trinajstić information content (AvgIpc) is 2.59. The van der Waals surface area contributed by atoms with Crippen molar-refractivity contribution in [3.05, 3.63) is 21.9 Å². The number of thiophene rings is 1. The number of rotatable bonds is 5. The van der Waals surface area contributed by atoms with Crippen LogP contribution in [-0.4, -0.2) is 12.5 Å². The second-order valence-corrected chi connectivity index (χ2v) is 5.76. The van der Waals surface area contributed by atoms with Gasteiger partial charge in [-0.05, 0) is 17.5 Å². The fourth-order valence-electron chi connectivity index (χ4n) is 1.12. The van der Waals surface area contributed by atoms with E-state index in [-0.39, 0.29) is 12.0 Å². The number of amides is 1. The van der Waals surface area contributed by atoms with Crippen molar-refractivity contribution in [2.45, 2.75) is 32.7 Å². The molecular weight excluding hydrogens is 224 g/mol. The Hall–Kier alpha value is -0.910. The van der Waals surface area contributed by atoms with Crippen molar-refractivity contribution in [2.75, 3.05) is 6.61 Å². The summed E-state index contributed by atoms with van der Waals surface area (Å²) < 4.78 is 0. The van der Waals surface area contributed by atoms with E-state index in [9.17, 15) is 4.79 Å². The maximum atomic E-state index is 10.4. The molecule has 90 valence electrons. The zero-order valence-corrected chi connectivity index (χ0v) is 10.7. The number of nitrogens with one attached hydrogen (secondary N) is 1. The Morgan fingerprint density at radius 2 is 2.19 bits per heavy atom. The fraction of sp³-hybridized carbons (Fsp3) is 0.545. The molecule has 1 aromatic heterocycles. The van der Waals surface area contributed by atoms with Gasteiger partial charge in [0, 0.05) is 9.75 Å². The van der Waals surface area contributed by atoms with Crippen LogP contribution in [0.2, 0.25) is 0 Å². The van der Waals surface area contributed by atoms with Crippen LogP contribution in [0.1, 0.15) is 30.5 Å². The van der Waals surface area contributed by atoms with Crippen molar-refractivity contribution in [1.82, 2.24) is 5.48 Å². The van der Waals surface area contributed by atoms with Gasteiger partial charge in [0.2, 0.25) is 5.91 Å². The van der Waals surface area contributed by atoms with E-state index in [1.807, 2.05) is 0 Å². The summed E-state index contributed by atoms with van der Waals surface area (Å²) in [6.07, 6.45) is 0. The van der Waals surface area contributed by atoms with Gasteiger partial charge in [-0.2, -0.15) is 5.48 Å². The molecule has 0 atom stereocenters. The van der Waals surface area contributed by atoms with E-state index in [0.29, 0.717) is 6.54 Å². The molecule has 3 N–H and O–H groups in total. The third-order valence-corrected chi connectivity index (χ3v) is 3.47. The first-order valence-corrected chi connectivity index (χ1v) is 5.93. The molecular formula is C11H18N2O2S. The van der Waals surface area contributed by atoms with E-state index in [2.05, 4.69) is 38.4 Å². The van der Waals surface area contributed by atoms with Crippen LogP contribution < -0.4 is 11.2 Å². The molecule has 0 aliphatic carbocycles. The van der Waals surface area contributed by atoms with Gasteiger partial charge >= 0.3 is 0 Å². The molecule has 0 aliphatic heterocycles. The molecule has 5 heteroatoms. The van der Waals surface area contributed by atoms with E-state index in [1.165, 1.54) is 9.75 Å². The van der Waals surface area contributed by atoms with Gasteiger partial charge in [0.1, 0.15) is 6.61 Å². The third-order valence-electron chi connectivity index (χ3n) is 1.96. The fourth-order valence-corrected chi connectivity index (χ4v) is 2.11. The molecule has 4 nitrogen and oxygen atoms in total. The molecule has 16 heavy (non-hydrogen) atoms. The van der Waals surface area contributed by atoms with E-state index >= 15 is 0 Å². The predicted octanol–water partition coefficient (Wildman–Crippen LogP) is 1.55. The molecule has 1 amide bonds. The number of primary amides is 1. The highest BCUT2D eigenvalue weighted by atomic mass is 32.1. The molecule has 0 fully saturated rings. The van der Waals surface area contributed by atoms with Crippen molar-refractivity contribution in [3.8, 4) is 0 Å². The Labute approximate surface area is 99.7 Å². The largest absolute Gasteiger partial charge is 0.368 e. The second kappa shape index (κ2) is 5.43. The van der Waals surface area contributed by atoms with Crippen LogP contribution in [0.3, 0.4) is 0 Å². The minimum absolute atomic E-state index is 0.0997. The second-order valence-electron chi connectivity index (χ2n) is 4.59. The summed E-state index contributed by atoms with van der Waals surface area (Å²) in [4.78, 5) is 17.8. The summed E-state index contributed by atoms with van der Waals surface area (Å²) in [7, 11) is 0. The van der Waals surface area contributed by atoms with Gasteiger partial charge in [0.25, 0.3) is 0 Å². The van der Waals surface area contributed by atoms with Gasteiger partial charge < -0.3 is 5.73 Å². The minimum atomic E-state index is -0.478. The molecule has 0 aromatic carbocycles.